The van der Waals surface area contributed by atoms with Gasteiger partial charge < -0.3 is 16.2 Å². The van der Waals surface area contributed by atoms with Crippen LogP contribution < -0.4 is 11.1 Å². The molecule has 0 atom stereocenters. The second kappa shape index (κ2) is 5.39. The maximum absolute atomic E-state index is 13.4. The zero-order valence-electron chi connectivity index (χ0n) is 10.1. The Morgan fingerprint density at radius 3 is 2.58 bits per heavy atom. The molecule has 0 aromatic heterocycles. The van der Waals surface area contributed by atoms with Gasteiger partial charge in [-0.2, -0.15) is 0 Å². The third-order valence-electron chi connectivity index (χ3n) is 2.57. The van der Waals surface area contributed by atoms with E-state index in [-0.39, 0.29) is 23.8 Å². The number of amides is 1. The highest BCUT2D eigenvalue weighted by atomic mass is 19.1. The minimum Gasteiger partial charge on any atom is -0.508 e. The van der Waals surface area contributed by atoms with Crippen LogP contribution in [0.4, 0.5) is 15.8 Å². The first-order valence-corrected chi connectivity index (χ1v) is 5.67. The van der Waals surface area contributed by atoms with E-state index in [1.165, 1.54) is 30.3 Å². The van der Waals surface area contributed by atoms with Crippen LogP contribution in [0, 0.1) is 5.82 Å². The van der Waals surface area contributed by atoms with Crippen LogP contribution in [0.1, 0.15) is 5.56 Å². The summed E-state index contributed by atoms with van der Waals surface area (Å²) in [7, 11) is 0. The molecule has 0 radical (unpaired) electrons. The Labute approximate surface area is 109 Å². The molecule has 0 aliphatic heterocycles. The van der Waals surface area contributed by atoms with Crippen LogP contribution in [0.5, 0.6) is 5.75 Å². The second-order valence-corrected chi connectivity index (χ2v) is 4.13. The summed E-state index contributed by atoms with van der Waals surface area (Å²) in [5, 5.41) is 11.6. The van der Waals surface area contributed by atoms with Crippen LogP contribution in [-0.2, 0) is 11.2 Å². The lowest BCUT2D eigenvalue weighted by Gasteiger charge is -2.07. The number of nitrogens with two attached hydrogens (primary N) is 1. The Morgan fingerprint density at radius 1 is 1.21 bits per heavy atom. The first kappa shape index (κ1) is 12.9. The normalized spacial score (nSPS) is 10.2. The molecule has 1 amide bonds. The van der Waals surface area contributed by atoms with Gasteiger partial charge in [0.05, 0.1) is 12.1 Å². The van der Waals surface area contributed by atoms with Gasteiger partial charge in [-0.3, -0.25) is 4.79 Å². The predicted octanol–water partition coefficient (Wildman–Crippen LogP) is 2.29. The highest BCUT2D eigenvalue weighted by Crippen LogP contribution is 2.18. The lowest BCUT2D eigenvalue weighted by atomic mass is 10.1. The fourth-order valence-corrected chi connectivity index (χ4v) is 1.63. The van der Waals surface area contributed by atoms with Crippen molar-refractivity contribution in [2.24, 2.45) is 0 Å². The summed E-state index contributed by atoms with van der Waals surface area (Å²) >= 11 is 0. The quantitative estimate of drug-likeness (QED) is 0.741. The van der Waals surface area contributed by atoms with Crippen LogP contribution in [0.15, 0.2) is 42.5 Å². The molecular formula is C14H13FN2O2. The minimum atomic E-state index is -0.534. The summed E-state index contributed by atoms with van der Waals surface area (Å²) in [6.45, 7) is 0. The number of nitrogens with one attached hydrogen (secondary N) is 1. The third kappa shape index (κ3) is 3.45. The maximum atomic E-state index is 13.4. The Morgan fingerprint density at radius 2 is 1.89 bits per heavy atom. The van der Waals surface area contributed by atoms with Crippen molar-refractivity contribution in [1.82, 2.24) is 0 Å². The standard InChI is InChI=1S/C14H13FN2O2/c15-12-6-3-10(16)8-13(12)17-14(19)7-9-1-4-11(18)5-2-9/h1-6,8,18H,7,16H2,(H,17,19). The van der Waals surface area contributed by atoms with Gasteiger partial charge in [0.2, 0.25) is 5.91 Å². The molecule has 2 aromatic rings. The van der Waals surface area contributed by atoms with Gasteiger partial charge in [0.1, 0.15) is 11.6 Å². The average molecular weight is 260 g/mol. The molecule has 0 fully saturated rings. The summed E-state index contributed by atoms with van der Waals surface area (Å²) in [4.78, 5) is 11.7. The van der Waals surface area contributed by atoms with E-state index < -0.39 is 5.82 Å². The number of hydrogen-bond donors (Lipinski definition) is 3. The number of benzene rings is 2. The van der Waals surface area contributed by atoms with Crippen molar-refractivity contribution in [3.8, 4) is 5.75 Å². The van der Waals surface area contributed by atoms with Gasteiger partial charge in [0.25, 0.3) is 0 Å². The summed E-state index contributed by atoms with van der Waals surface area (Å²) in [6, 6.07) is 10.2. The molecular weight excluding hydrogens is 247 g/mol. The molecule has 0 saturated carbocycles. The molecule has 2 rings (SSSR count). The molecule has 98 valence electrons. The molecule has 0 bridgehead atoms. The number of hydrogen-bond acceptors (Lipinski definition) is 3. The van der Waals surface area contributed by atoms with Gasteiger partial charge in [0.15, 0.2) is 0 Å². The zero-order valence-corrected chi connectivity index (χ0v) is 10.1. The topological polar surface area (TPSA) is 75.3 Å². The molecule has 4 nitrogen and oxygen atoms in total. The molecule has 2 aromatic carbocycles. The Balaban J connectivity index is 2.05. The Hall–Kier alpha value is -2.56. The number of halogens is 1. The SMILES string of the molecule is Nc1ccc(F)c(NC(=O)Cc2ccc(O)cc2)c1. The lowest BCUT2D eigenvalue weighted by molar-refractivity contribution is -0.115. The van der Waals surface area contributed by atoms with E-state index in [0.29, 0.717) is 5.69 Å². The summed E-state index contributed by atoms with van der Waals surface area (Å²) in [5.41, 5.74) is 6.68. The number of nitrogen functional groups attached to an aromatic ring is 1. The van der Waals surface area contributed by atoms with E-state index in [0.717, 1.165) is 5.56 Å². The van der Waals surface area contributed by atoms with Crippen molar-refractivity contribution in [3.63, 3.8) is 0 Å². The number of carbonyl (C=O) groups excluding carboxylic acids is 1. The average Bonchev–Trinajstić information content (AvgIpc) is 2.37. The van der Waals surface area contributed by atoms with Crippen LogP contribution in [0.3, 0.4) is 0 Å². The van der Waals surface area contributed by atoms with E-state index in [9.17, 15) is 9.18 Å². The van der Waals surface area contributed by atoms with Crippen molar-refractivity contribution >= 4 is 17.3 Å². The zero-order chi connectivity index (χ0) is 13.8. The van der Waals surface area contributed by atoms with Crippen molar-refractivity contribution in [1.29, 1.82) is 0 Å². The molecule has 0 aliphatic carbocycles. The molecule has 0 unspecified atom stereocenters. The third-order valence-corrected chi connectivity index (χ3v) is 2.57. The van der Waals surface area contributed by atoms with E-state index >= 15 is 0 Å². The summed E-state index contributed by atoms with van der Waals surface area (Å²) in [5.74, 6) is -0.755. The van der Waals surface area contributed by atoms with Crippen molar-refractivity contribution < 1.29 is 14.3 Å². The van der Waals surface area contributed by atoms with E-state index in [1.54, 1.807) is 12.1 Å². The van der Waals surface area contributed by atoms with E-state index in [4.69, 9.17) is 10.8 Å². The molecule has 0 heterocycles. The second-order valence-electron chi connectivity index (χ2n) is 4.13. The van der Waals surface area contributed by atoms with Gasteiger partial charge >= 0.3 is 0 Å². The fourth-order valence-electron chi connectivity index (χ4n) is 1.63. The van der Waals surface area contributed by atoms with Crippen molar-refractivity contribution in [2.45, 2.75) is 6.42 Å². The molecule has 19 heavy (non-hydrogen) atoms. The molecule has 0 spiro atoms. The predicted molar refractivity (Wildman–Crippen MR) is 71.3 cm³/mol. The number of rotatable bonds is 3. The van der Waals surface area contributed by atoms with Crippen LogP contribution in [-0.4, -0.2) is 11.0 Å². The lowest BCUT2D eigenvalue weighted by Crippen LogP contribution is -2.15. The van der Waals surface area contributed by atoms with Gasteiger partial charge in [-0.05, 0) is 35.9 Å². The van der Waals surface area contributed by atoms with Crippen LogP contribution in [0.25, 0.3) is 0 Å². The van der Waals surface area contributed by atoms with Gasteiger partial charge in [-0.25, -0.2) is 4.39 Å². The number of aromatic hydroxyl groups is 1. The highest BCUT2D eigenvalue weighted by molar-refractivity contribution is 5.92. The van der Waals surface area contributed by atoms with Gasteiger partial charge in [-0.1, -0.05) is 12.1 Å². The number of phenols is 1. The number of phenolic OH excluding ortho intramolecular Hbond substituents is 1. The summed E-state index contributed by atoms with van der Waals surface area (Å²) < 4.78 is 13.4. The molecule has 4 N–H and O–H groups in total. The first-order valence-electron chi connectivity index (χ1n) is 5.67. The Kier molecular flexibility index (Phi) is 3.66. The van der Waals surface area contributed by atoms with Crippen LogP contribution >= 0.6 is 0 Å². The van der Waals surface area contributed by atoms with Crippen LogP contribution in [0.2, 0.25) is 0 Å². The fraction of sp³-hybridized carbons (Fsp3) is 0.0714. The maximum Gasteiger partial charge on any atom is 0.228 e. The first-order chi connectivity index (χ1) is 9.04. The van der Waals surface area contributed by atoms with Gasteiger partial charge in [-0.15, -0.1) is 0 Å². The van der Waals surface area contributed by atoms with E-state index in [2.05, 4.69) is 5.32 Å². The molecule has 5 heteroatoms. The van der Waals surface area contributed by atoms with E-state index in [1.807, 2.05) is 0 Å². The number of anilines is 2. The molecule has 0 aliphatic rings. The van der Waals surface area contributed by atoms with Gasteiger partial charge in [0, 0.05) is 5.69 Å². The largest absolute Gasteiger partial charge is 0.508 e. The smallest absolute Gasteiger partial charge is 0.228 e. The molecule has 0 saturated heterocycles. The number of carbonyl (C=O) groups is 1. The van der Waals surface area contributed by atoms with Crippen molar-refractivity contribution in [2.75, 3.05) is 11.1 Å². The highest BCUT2D eigenvalue weighted by Gasteiger charge is 2.08. The Bertz CT molecular complexity index is 597. The minimum absolute atomic E-state index is 0.0591. The van der Waals surface area contributed by atoms with Crippen molar-refractivity contribution in [3.05, 3.63) is 53.8 Å². The summed E-state index contributed by atoms with van der Waals surface area (Å²) in [6.07, 6.45) is 0.0918. The monoisotopic (exact) mass is 260 g/mol.